The highest BCUT2D eigenvalue weighted by Crippen LogP contribution is 2.26. The largest absolute Gasteiger partial charge is 0.497 e. The molecule has 0 saturated heterocycles. The molecule has 90 valence electrons. The quantitative estimate of drug-likeness (QED) is 0.701. The van der Waals surface area contributed by atoms with Gasteiger partial charge in [0.15, 0.2) is 0 Å². The second kappa shape index (κ2) is 4.35. The predicted molar refractivity (Wildman–Crippen MR) is 72.6 cm³/mol. The van der Waals surface area contributed by atoms with Crippen LogP contribution in [0.15, 0.2) is 48.5 Å². The highest BCUT2D eigenvalue weighted by molar-refractivity contribution is 6.34. The van der Waals surface area contributed by atoms with Gasteiger partial charge in [-0.1, -0.05) is 23.7 Å². The number of hydrogen-bond acceptors (Lipinski definition) is 2. The second-order valence-corrected chi connectivity index (χ2v) is 4.28. The fourth-order valence-electron chi connectivity index (χ4n) is 1.90. The van der Waals surface area contributed by atoms with E-state index in [0.717, 1.165) is 22.3 Å². The number of nitrogens with zero attached hydrogens (tertiary/aromatic N) is 2. The first-order chi connectivity index (χ1) is 8.79. The molecule has 3 rings (SSSR count). The molecule has 0 atom stereocenters. The normalized spacial score (nSPS) is 10.8. The highest BCUT2D eigenvalue weighted by atomic mass is 35.5. The molecule has 0 N–H and O–H groups in total. The highest BCUT2D eigenvalue weighted by Gasteiger charge is 2.09. The fraction of sp³-hybridized carbons (Fsp3) is 0.0714. The number of rotatable bonds is 2. The van der Waals surface area contributed by atoms with Crippen molar-refractivity contribution in [1.82, 2.24) is 9.78 Å². The van der Waals surface area contributed by atoms with Gasteiger partial charge in [0, 0.05) is 5.39 Å². The molecule has 0 radical (unpaired) electrons. The van der Waals surface area contributed by atoms with Crippen molar-refractivity contribution in [3.8, 4) is 11.4 Å². The van der Waals surface area contributed by atoms with Crippen LogP contribution in [-0.4, -0.2) is 16.9 Å². The van der Waals surface area contributed by atoms with Gasteiger partial charge in [-0.2, -0.15) is 5.10 Å². The molecule has 4 heteroatoms. The molecule has 0 amide bonds. The Labute approximate surface area is 110 Å². The molecular weight excluding hydrogens is 248 g/mol. The molecule has 0 aliphatic heterocycles. The number of aromatic nitrogens is 2. The predicted octanol–water partition coefficient (Wildman–Crippen LogP) is 3.69. The van der Waals surface area contributed by atoms with Crippen LogP contribution in [0.5, 0.6) is 5.75 Å². The maximum Gasteiger partial charge on any atom is 0.140 e. The van der Waals surface area contributed by atoms with Crippen molar-refractivity contribution >= 4 is 22.5 Å². The zero-order valence-electron chi connectivity index (χ0n) is 9.80. The van der Waals surface area contributed by atoms with Gasteiger partial charge in [-0.15, -0.1) is 0 Å². The van der Waals surface area contributed by atoms with Gasteiger partial charge in [-0.25, -0.2) is 4.68 Å². The molecule has 3 aromatic rings. The third-order valence-corrected chi connectivity index (χ3v) is 3.20. The summed E-state index contributed by atoms with van der Waals surface area (Å²) in [6, 6.07) is 15.4. The molecule has 0 aliphatic rings. The number of fused-ring (bicyclic) bond motifs is 1. The SMILES string of the molecule is COc1ccc(-n2nc3ccccc3c2Cl)cc1. The summed E-state index contributed by atoms with van der Waals surface area (Å²) in [6.45, 7) is 0. The molecule has 3 nitrogen and oxygen atoms in total. The lowest BCUT2D eigenvalue weighted by atomic mass is 10.2. The number of benzene rings is 2. The van der Waals surface area contributed by atoms with E-state index < -0.39 is 0 Å². The molecule has 18 heavy (non-hydrogen) atoms. The Balaban J connectivity index is 2.15. The zero-order valence-corrected chi connectivity index (χ0v) is 10.6. The number of ether oxygens (including phenoxy) is 1. The molecule has 1 heterocycles. The minimum absolute atomic E-state index is 0.621. The Morgan fingerprint density at radius 2 is 1.78 bits per heavy atom. The van der Waals surface area contributed by atoms with Crippen molar-refractivity contribution in [1.29, 1.82) is 0 Å². The van der Waals surface area contributed by atoms with Crippen molar-refractivity contribution in [2.45, 2.75) is 0 Å². The summed E-state index contributed by atoms with van der Waals surface area (Å²) in [4.78, 5) is 0. The van der Waals surface area contributed by atoms with Crippen LogP contribution in [0.4, 0.5) is 0 Å². The maximum atomic E-state index is 6.33. The molecule has 2 aromatic carbocycles. The molecule has 1 aromatic heterocycles. The molecular formula is C14H11ClN2O. The van der Waals surface area contributed by atoms with Crippen molar-refractivity contribution in [3.05, 3.63) is 53.7 Å². The molecule has 0 unspecified atom stereocenters. The topological polar surface area (TPSA) is 27.1 Å². The average Bonchev–Trinajstić information content (AvgIpc) is 2.77. The Morgan fingerprint density at radius 1 is 1.06 bits per heavy atom. The molecule has 0 bridgehead atoms. The zero-order chi connectivity index (χ0) is 12.5. The van der Waals surface area contributed by atoms with Crippen LogP contribution < -0.4 is 4.74 Å². The van der Waals surface area contributed by atoms with Crippen molar-refractivity contribution in [2.75, 3.05) is 7.11 Å². The van der Waals surface area contributed by atoms with Crippen molar-refractivity contribution in [2.24, 2.45) is 0 Å². The third-order valence-electron chi connectivity index (χ3n) is 2.84. The molecule has 0 aliphatic carbocycles. The van der Waals surface area contributed by atoms with E-state index in [4.69, 9.17) is 16.3 Å². The summed E-state index contributed by atoms with van der Waals surface area (Å²) in [6.07, 6.45) is 0. The Bertz CT molecular complexity index is 689. The average molecular weight is 259 g/mol. The van der Waals surface area contributed by atoms with Crippen LogP contribution in [-0.2, 0) is 0 Å². The lowest BCUT2D eigenvalue weighted by molar-refractivity contribution is 0.414. The van der Waals surface area contributed by atoms with Gasteiger partial charge in [0.05, 0.1) is 18.3 Å². The summed E-state index contributed by atoms with van der Waals surface area (Å²) in [5, 5.41) is 6.06. The van der Waals surface area contributed by atoms with Gasteiger partial charge >= 0.3 is 0 Å². The van der Waals surface area contributed by atoms with Gasteiger partial charge in [0.1, 0.15) is 10.9 Å². The summed E-state index contributed by atoms with van der Waals surface area (Å²) in [5.41, 5.74) is 1.80. The molecule has 0 fully saturated rings. The third kappa shape index (κ3) is 1.73. The summed E-state index contributed by atoms with van der Waals surface area (Å²) in [7, 11) is 1.64. The van der Waals surface area contributed by atoms with Crippen molar-refractivity contribution < 1.29 is 4.74 Å². The lowest BCUT2D eigenvalue weighted by Crippen LogP contribution is -1.96. The summed E-state index contributed by atoms with van der Waals surface area (Å²) in [5.74, 6) is 0.812. The van der Waals surface area contributed by atoms with E-state index in [1.807, 2.05) is 48.5 Å². The minimum Gasteiger partial charge on any atom is -0.497 e. The summed E-state index contributed by atoms with van der Waals surface area (Å²) >= 11 is 6.33. The standard InChI is InChI=1S/C14H11ClN2O/c1-18-11-8-6-10(7-9-11)17-14(15)12-4-2-3-5-13(12)16-17/h2-9H,1H3. The van der Waals surface area contributed by atoms with E-state index in [2.05, 4.69) is 5.10 Å². The van der Waals surface area contributed by atoms with Crippen LogP contribution in [0.25, 0.3) is 16.6 Å². The van der Waals surface area contributed by atoms with Crippen LogP contribution in [0, 0.1) is 0 Å². The number of halogens is 1. The van der Waals surface area contributed by atoms with Crippen LogP contribution >= 0.6 is 11.6 Å². The van der Waals surface area contributed by atoms with Crippen LogP contribution in [0.1, 0.15) is 0 Å². The first kappa shape index (κ1) is 11.1. The fourth-order valence-corrected chi connectivity index (χ4v) is 2.19. The molecule has 0 spiro atoms. The minimum atomic E-state index is 0.621. The van der Waals surface area contributed by atoms with Gasteiger partial charge in [0.2, 0.25) is 0 Å². The van der Waals surface area contributed by atoms with E-state index in [-0.39, 0.29) is 0 Å². The molecule has 0 saturated carbocycles. The van der Waals surface area contributed by atoms with E-state index in [1.165, 1.54) is 0 Å². The van der Waals surface area contributed by atoms with Gasteiger partial charge in [0.25, 0.3) is 0 Å². The first-order valence-electron chi connectivity index (χ1n) is 5.57. The monoisotopic (exact) mass is 258 g/mol. The Morgan fingerprint density at radius 3 is 2.44 bits per heavy atom. The second-order valence-electron chi connectivity index (χ2n) is 3.92. The van der Waals surface area contributed by atoms with Crippen LogP contribution in [0.2, 0.25) is 5.15 Å². The Kier molecular flexibility index (Phi) is 2.68. The smallest absolute Gasteiger partial charge is 0.140 e. The van der Waals surface area contributed by atoms with E-state index >= 15 is 0 Å². The van der Waals surface area contributed by atoms with Crippen molar-refractivity contribution in [3.63, 3.8) is 0 Å². The summed E-state index contributed by atoms with van der Waals surface area (Å²) < 4.78 is 6.86. The van der Waals surface area contributed by atoms with E-state index in [1.54, 1.807) is 11.8 Å². The van der Waals surface area contributed by atoms with Crippen LogP contribution in [0.3, 0.4) is 0 Å². The van der Waals surface area contributed by atoms with Gasteiger partial charge in [-0.3, -0.25) is 0 Å². The number of methoxy groups -OCH3 is 1. The lowest BCUT2D eigenvalue weighted by Gasteiger charge is -2.04. The van der Waals surface area contributed by atoms with Gasteiger partial charge in [-0.05, 0) is 36.4 Å². The van der Waals surface area contributed by atoms with E-state index in [9.17, 15) is 0 Å². The van der Waals surface area contributed by atoms with Gasteiger partial charge < -0.3 is 4.74 Å². The Hall–Kier alpha value is -2.00. The maximum absolute atomic E-state index is 6.33. The first-order valence-corrected chi connectivity index (χ1v) is 5.95. The van der Waals surface area contributed by atoms with E-state index in [0.29, 0.717) is 5.15 Å². The number of hydrogen-bond donors (Lipinski definition) is 0.